The highest BCUT2D eigenvalue weighted by atomic mass is 35.5. The summed E-state index contributed by atoms with van der Waals surface area (Å²) in [6.45, 7) is 0.572. The lowest BCUT2D eigenvalue weighted by Gasteiger charge is -2.34. The lowest BCUT2D eigenvalue weighted by molar-refractivity contribution is -0.142. The molecule has 6 nitrogen and oxygen atoms in total. The van der Waals surface area contributed by atoms with Crippen molar-refractivity contribution in [3.8, 4) is 0 Å². The number of carboxylic acid groups (broad SMARTS) is 1. The van der Waals surface area contributed by atoms with Crippen molar-refractivity contribution in [2.45, 2.75) is 12.5 Å². The van der Waals surface area contributed by atoms with Crippen molar-refractivity contribution in [2.75, 3.05) is 13.1 Å². The van der Waals surface area contributed by atoms with Crippen molar-refractivity contribution in [1.82, 2.24) is 10.2 Å². The molecule has 0 aromatic carbocycles. The van der Waals surface area contributed by atoms with E-state index in [1.165, 1.54) is 27.6 Å². The smallest absolute Gasteiger partial charge is 0.305 e. The Morgan fingerprint density at radius 3 is 2.95 bits per heavy atom. The fourth-order valence-electron chi connectivity index (χ4n) is 2.39. The van der Waals surface area contributed by atoms with Gasteiger partial charge in [-0.3, -0.25) is 14.4 Å². The number of nitrogens with zero attached hydrogens (tertiary/aromatic N) is 1. The summed E-state index contributed by atoms with van der Waals surface area (Å²) in [6, 6.07) is 0.836. The molecule has 0 aliphatic carbocycles. The van der Waals surface area contributed by atoms with Crippen molar-refractivity contribution in [3.63, 3.8) is 0 Å². The number of hydrogen-bond donors (Lipinski definition) is 2. The monoisotopic (exact) mass is 358 g/mol. The summed E-state index contributed by atoms with van der Waals surface area (Å²) in [4.78, 5) is 37.2. The summed E-state index contributed by atoms with van der Waals surface area (Å²) in [7, 11) is 0. The number of carboxylic acids is 1. The molecule has 0 saturated carbocycles. The third-order valence-electron chi connectivity index (χ3n) is 3.41. The molecule has 0 spiro atoms. The van der Waals surface area contributed by atoms with Crippen LogP contribution in [0.4, 0.5) is 0 Å². The van der Waals surface area contributed by atoms with Crippen molar-refractivity contribution >= 4 is 61.5 Å². The number of amides is 2. The number of fused-ring (bicyclic) bond motifs is 1. The van der Waals surface area contributed by atoms with Crippen LogP contribution >= 0.6 is 34.3 Å². The Kier molecular flexibility index (Phi) is 4.07. The lowest BCUT2D eigenvalue weighted by Crippen LogP contribution is -2.57. The standard InChI is InChI=1S/C13H11ClN2O4S2/c14-9-6-1-4-21-13(6)22-10(9)12(20)16-3-2-15-11(19)7(16)5-8(17)18/h1,4,7H,2-3,5H2,(H,15,19)(H,17,18)/t7-/m1/s1. The van der Waals surface area contributed by atoms with Crippen molar-refractivity contribution < 1.29 is 19.5 Å². The van der Waals surface area contributed by atoms with E-state index in [1.807, 2.05) is 11.4 Å². The highest BCUT2D eigenvalue weighted by molar-refractivity contribution is 7.38. The van der Waals surface area contributed by atoms with Crippen LogP contribution in [-0.2, 0) is 9.59 Å². The van der Waals surface area contributed by atoms with Crippen LogP contribution in [0.1, 0.15) is 16.1 Å². The SMILES string of the molecule is O=C(O)C[C@@H]1C(=O)NCCN1C(=O)c1sc2sccc2c1Cl. The van der Waals surface area contributed by atoms with Crippen LogP contribution in [0.25, 0.3) is 9.40 Å². The Morgan fingerprint density at radius 2 is 2.27 bits per heavy atom. The Balaban J connectivity index is 1.94. The van der Waals surface area contributed by atoms with Gasteiger partial charge >= 0.3 is 5.97 Å². The molecule has 9 heteroatoms. The molecule has 1 aliphatic heterocycles. The van der Waals surface area contributed by atoms with Gasteiger partial charge in [-0.05, 0) is 11.4 Å². The van der Waals surface area contributed by atoms with Gasteiger partial charge in [-0.15, -0.1) is 22.7 Å². The van der Waals surface area contributed by atoms with E-state index in [2.05, 4.69) is 5.32 Å². The second-order valence-electron chi connectivity index (χ2n) is 4.77. The first-order valence-corrected chi connectivity index (χ1v) is 8.52. The average Bonchev–Trinajstić information content (AvgIpc) is 3.03. The molecule has 1 saturated heterocycles. The van der Waals surface area contributed by atoms with E-state index in [9.17, 15) is 14.4 Å². The fraction of sp³-hybridized carbons (Fsp3) is 0.308. The van der Waals surface area contributed by atoms with Gasteiger partial charge in [0.15, 0.2) is 0 Å². The molecule has 2 aromatic heterocycles. The van der Waals surface area contributed by atoms with Gasteiger partial charge in [-0.2, -0.15) is 0 Å². The van der Waals surface area contributed by atoms with E-state index < -0.39 is 24.3 Å². The number of thiophene rings is 2. The van der Waals surface area contributed by atoms with Gasteiger partial charge in [-0.25, -0.2) is 0 Å². The predicted octanol–water partition coefficient (Wildman–Crippen LogP) is 2.03. The molecule has 116 valence electrons. The summed E-state index contributed by atoms with van der Waals surface area (Å²) in [5.41, 5.74) is 0. The highest BCUT2D eigenvalue weighted by Gasteiger charge is 2.36. The first-order chi connectivity index (χ1) is 10.5. The molecule has 1 fully saturated rings. The van der Waals surface area contributed by atoms with Crippen LogP contribution in [0.5, 0.6) is 0 Å². The Hall–Kier alpha value is -1.64. The number of halogens is 1. The molecule has 3 rings (SSSR count). The molecular weight excluding hydrogens is 348 g/mol. The zero-order valence-corrected chi connectivity index (χ0v) is 13.6. The summed E-state index contributed by atoms with van der Waals surface area (Å²) < 4.78 is 0.935. The number of nitrogens with one attached hydrogen (secondary N) is 1. The Morgan fingerprint density at radius 1 is 1.50 bits per heavy atom. The van der Waals surface area contributed by atoms with Crippen LogP contribution in [-0.4, -0.2) is 46.9 Å². The maximum Gasteiger partial charge on any atom is 0.305 e. The Bertz CT molecular complexity index is 769. The van der Waals surface area contributed by atoms with Gasteiger partial charge in [0.1, 0.15) is 10.9 Å². The minimum Gasteiger partial charge on any atom is -0.481 e. The molecule has 2 N–H and O–H groups in total. The van der Waals surface area contributed by atoms with Gasteiger partial charge in [0.05, 0.1) is 15.5 Å². The van der Waals surface area contributed by atoms with Crippen LogP contribution in [0, 0.1) is 0 Å². The van der Waals surface area contributed by atoms with Gasteiger partial charge < -0.3 is 15.3 Å². The molecule has 2 amide bonds. The third kappa shape index (κ3) is 2.57. The summed E-state index contributed by atoms with van der Waals surface area (Å²) >= 11 is 9.01. The fourth-order valence-corrected chi connectivity index (χ4v) is 4.96. The van der Waals surface area contributed by atoms with Crippen molar-refractivity contribution in [1.29, 1.82) is 0 Å². The van der Waals surface area contributed by atoms with Crippen LogP contribution in [0.3, 0.4) is 0 Å². The van der Waals surface area contributed by atoms with E-state index in [-0.39, 0.29) is 12.5 Å². The normalized spacial score (nSPS) is 18.5. The van der Waals surface area contributed by atoms with Crippen molar-refractivity contribution in [2.24, 2.45) is 0 Å². The van der Waals surface area contributed by atoms with E-state index in [0.29, 0.717) is 16.4 Å². The second-order valence-corrected chi connectivity index (χ2v) is 7.34. The summed E-state index contributed by atoms with van der Waals surface area (Å²) in [5, 5.41) is 14.6. The van der Waals surface area contributed by atoms with Crippen LogP contribution in [0.2, 0.25) is 5.02 Å². The largest absolute Gasteiger partial charge is 0.481 e. The molecule has 3 heterocycles. The number of carbonyl (C=O) groups is 3. The second kappa shape index (κ2) is 5.86. The quantitative estimate of drug-likeness (QED) is 0.879. The van der Waals surface area contributed by atoms with E-state index in [4.69, 9.17) is 16.7 Å². The van der Waals surface area contributed by atoms with Crippen LogP contribution in [0.15, 0.2) is 11.4 Å². The van der Waals surface area contributed by atoms with E-state index >= 15 is 0 Å². The number of rotatable bonds is 3. The first-order valence-electron chi connectivity index (χ1n) is 6.45. The van der Waals surface area contributed by atoms with Gasteiger partial charge in [0, 0.05) is 18.5 Å². The molecule has 0 unspecified atom stereocenters. The Labute approximate surface area is 138 Å². The van der Waals surface area contributed by atoms with E-state index in [0.717, 1.165) is 9.40 Å². The highest BCUT2D eigenvalue weighted by Crippen LogP contribution is 2.39. The van der Waals surface area contributed by atoms with Gasteiger partial charge in [-0.1, -0.05) is 11.6 Å². The van der Waals surface area contributed by atoms with Crippen LogP contribution < -0.4 is 5.32 Å². The van der Waals surface area contributed by atoms with Gasteiger partial charge in [0.2, 0.25) is 5.91 Å². The molecule has 0 bridgehead atoms. The average molecular weight is 359 g/mol. The third-order valence-corrected chi connectivity index (χ3v) is 6.15. The number of aliphatic carboxylic acids is 1. The number of hydrogen-bond acceptors (Lipinski definition) is 5. The lowest BCUT2D eigenvalue weighted by atomic mass is 10.1. The van der Waals surface area contributed by atoms with Crippen molar-refractivity contribution in [3.05, 3.63) is 21.3 Å². The molecule has 0 radical (unpaired) electrons. The maximum atomic E-state index is 12.7. The van der Waals surface area contributed by atoms with E-state index in [1.54, 1.807) is 0 Å². The van der Waals surface area contributed by atoms with Gasteiger partial charge in [0.25, 0.3) is 5.91 Å². The molecule has 1 aliphatic rings. The maximum absolute atomic E-state index is 12.7. The molecule has 22 heavy (non-hydrogen) atoms. The topological polar surface area (TPSA) is 86.7 Å². The first kappa shape index (κ1) is 15.3. The summed E-state index contributed by atoms with van der Waals surface area (Å²) in [5.74, 6) is -1.96. The minimum atomic E-state index is -1.13. The minimum absolute atomic E-state index is 0.268. The number of piperazine rings is 1. The molecule has 1 atom stereocenters. The molecule has 2 aromatic rings. The summed E-state index contributed by atoms with van der Waals surface area (Å²) in [6.07, 6.45) is -0.422. The molecular formula is C13H11ClN2O4S2. The predicted molar refractivity (Wildman–Crippen MR) is 84.8 cm³/mol. The zero-order valence-electron chi connectivity index (χ0n) is 11.2. The zero-order chi connectivity index (χ0) is 15.9. The number of carbonyl (C=O) groups excluding carboxylic acids is 2.